The van der Waals surface area contributed by atoms with Crippen molar-refractivity contribution in [3.63, 3.8) is 0 Å². The van der Waals surface area contributed by atoms with E-state index in [-0.39, 0.29) is 11.8 Å². The lowest BCUT2D eigenvalue weighted by molar-refractivity contribution is 0.552. The zero-order valence-electron chi connectivity index (χ0n) is 9.97. The lowest BCUT2D eigenvalue weighted by Gasteiger charge is -2.12. The second kappa shape index (κ2) is 4.97. The van der Waals surface area contributed by atoms with E-state index in [2.05, 4.69) is 5.10 Å². The molecule has 0 amide bonds. The second-order valence-electron chi connectivity index (χ2n) is 4.05. The minimum Gasteiger partial charge on any atom is -0.323 e. The van der Waals surface area contributed by atoms with E-state index in [0.717, 1.165) is 17.9 Å². The summed E-state index contributed by atoms with van der Waals surface area (Å²) in [7, 11) is -2.95. The summed E-state index contributed by atoms with van der Waals surface area (Å²) in [6.45, 7) is 4.63. The Morgan fingerprint density at radius 2 is 2.19 bits per heavy atom. The monoisotopic (exact) mass is 245 g/mol. The first kappa shape index (κ1) is 13.2. The fraction of sp³-hybridized carbons (Fsp3) is 0.700. The summed E-state index contributed by atoms with van der Waals surface area (Å²) in [4.78, 5) is 0. The number of aromatic nitrogens is 2. The third kappa shape index (κ3) is 3.61. The van der Waals surface area contributed by atoms with Gasteiger partial charge in [-0.25, -0.2) is 8.42 Å². The van der Waals surface area contributed by atoms with Crippen molar-refractivity contribution >= 4 is 9.84 Å². The van der Waals surface area contributed by atoms with Gasteiger partial charge in [0.15, 0.2) is 0 Å². The quantitative estimate of drug-likeness (QED) is 0.826. The SMILES string of the molecule is CCn1nc(C)cc1C(N)CCS(C)(=O)=O. The summed E-state index contributed by atoms with van der Waals surface area (Å²) < 4.78 is 23.9. The highest BCUT2D eigenvalue weighted by Gasteiger charge is 2.14. The zero-order valence-corrected chi connectivity index (χ0v) is 10.8. The van der Waals surface area contributed by atoms with Crippen LogP contribution in [0.4, 0.5) is 0 Å². The standard InChI is InChI=1S/C10H19N3O2S/c1-4-13-10(7-8(2)12-13)9(11)5-6-16(3,14)15/h7,9H,4-6,11H2,1-3H3. The highest BCUT2D eigenvalue weighted by atomic mass is 32.2. The van der Waals surface area contributed by atoms with Gasteiger partial charge in [-0.3, -0.25) is 4.68 Å². The van der Waals surface area contributed by atoms with Crippen LogP contribution in [0.5, 0.6) is 0 Å². The Hall–Kier alpha value is -0.880. The maximum Gasteiger partial charge on any atom is 0.147 e. The smallest absolute Gasteiger partial charge is 0.147 e. The number of aryl methyl sites for hydroxylation is 2. The third-order valence-electron chi connectivity index (χ3n) is 2.41. The molecule has 0 saturated carbocycles. The predicted octanol–water partition coefficient (Wildman–Crippen LogP) is 0.646. The Bertz CT molecular complexity index is 451. The predicted molar refractivity (Wildman–Crippen MR) is 63.9 cm³/mol. The van der Waals surface area contributed by atoms with Crippen LogP contribution in [-0.2, 0) is 16.4 Å². The van der Waals surface area contributed by atoms with E-state index < -0.39 is 9.84 Å². The molecule has 0 aromatic carbocycles. The van der Waals surface area contributed by atoms with Gasteiger partial charge in [0.05, 0.1) is 17.1 Å². The van der Waals surface area contributed by atoms with Gasteiger partial charge in [0.1, 0.15) is 9.84 Å². The molecule has 0 fully saturated rings. The van der Waals surface area contributed by atoms with Crippen LogP contribution < -0.4 is 5.73 Å². The van der Waals surface area contributed by atoms with Crippen molar-refractivity contribution in [1.82, 2.24) is 9.78 Å². The van der Waals surface area contributed by atoms with E-state index >= 15 is 0 Å². The largest absolute Gasteiger partial charge is 0.323 e. The van der Waals surface area contributed by atoms with Crippen molar-refractivity contribution in [2.24, 2.45) is 5.73 Å². The molecule has 0 spiro atoms. The molecule has 1 rings (SSSR count). The van der Waals surface area contributed by atoms with Crippen LogP contribution in [0.3, 0.4) is 0 Å². The molecule has 1 aromatic heterocycles. The summed E-state index contributed by atoms with van der Waals surface area (Å²) in [5, 5.41) is 4.28. The maximum absolute atomic E-state index is 11.0. The molecule has 0 aliphatic carbocycles. The van der Waals surface area contributed by atoms with Gasteiger partial charge in [-0.15, -0.1) is 0 Å². The molecule has 5 nitrogen and oxygen atoms in total. The zero-order chi connectivity index (χ0) is 12.3. The fourth-order valence-electron chi connectivity index (χ4n) is 1.61. The molecule has 2 N–H and O–H groups in total. The van der Waals surface area contributed by atoms with Crippen LogP contribution in [0.25, 0.3) is 0 Å². The van der Waals surface area contributed by atoms with Crippen molar-refractivity contribution in [2.75, 3.05) is 12.0 Å². The third-order valence-corrected chi connectivity index (χ3v) is 3.39. The Morgan fingerprint density at radius 3 is 2.69 bits per heavy atom. The summed E-state index contributed by atoms with van der Waals surface area (Å²) in [6.07, 6.45) is 1.66. The fourth-order valence-corrected chi connectivity index (χ4v) is 2.29. The first-order valence-corrected chi connectivity index (χ1v) is 7.37. The van der Waals surface area contributed by atoms with Gasteiger partial charge in [-0.05, 0) is 26.3 Å². The molecule has 92 valence electrons. The van der Waals surface area contributed by atoms with Crippen LogP contribution >= 0.6 is 0 Å². The summed E-state index contributed by atoms with van der Waals surface area (Å²) >= 11 is 0. The first-order chi connectivity index (χ1) is 7.33. The number of rotatable bonds is 5. The Kier molecular flexibility index (Phi) is 4.09. The molecule has 0 radical (unpaired) electrons. The molecule has 1 atom stereocenters. The number of hydrogen-bond donors (Lipinski definition) is 1. The molecule has 0 saturated heterocycles. The lowest BCUT2D eigenvalue weighted by Crippen LogP contribution is -2.19. The van der Waals surface area contributed by atoms with Gasteiger partial charge >= 0.3 is 0 Å². The Labute approximate surface area is 96.6 Å². The molecule has 6 heteroatoms. The number of nitrogens with two attached hydrogens (primary N) is 1. The summed E-state index contributed by atoms with van der Waals surface area (Å²) in [5.41, 5.74) is 7.78. The normalized spacial score (nSPS) is 14.0. The summed E-state index contributed by atoms with van der Waals surface area (Å²) in [5.74, 6) is 0.113. The molecule has 16 heavy (non-hydrogen) atoms. The number of sulfone groups is 1. The van der Waals surface area contributed by atoms with E-state index in [9.17, 15) is 8.42 Å². The van der Waals surface area contributed by atoms with E-state index in [1.165, 1.54) is 6.26 Å². The molecule has 1 heterocycles. The molecule has 1 aromatic rings. The van der Waals surface area contributed by atoms with Crippen LogP contribution in [-0.4, -0.2) is 30.2 Å². The van der Waals surface area contributed by atoms with Crippen molar-refractivity contribution in [2.45, 2.75) is 32.9 Å². The van der Waals surface area contributed by atoms with E-state index in [1.807, 2.05) is 24.6 Å². The van der Waals surface area contributed by atoms with Gasteiger partial charge in [-0.1, -0.05) is 0 Å². The molecular formula is C10H19N3O2S. The van der Waals surface area contributed by atoms with E-state index in [1.54, 1.807) is 0 Å². The van der Waals surface area contributed by atoms with Gasteiger partial charge in [0.2, 0.25) is 0 Å². The average molecular weight is 245 g/mol. The van der Waals surface area contributed by atoms with Gasteiger partial charge < -0.3 is 5.73 Å². The molecule has 1 unspecified atom stereocenters. The summed E-state index contributed by atoms with van der Waals surface area (Å²) in [6, 6.07) is 1.65. The van der Waals surface area contributed by atoms with E-state index in [4.69, 9.17) is 5.73 Å². The van der Waals surface area contributed by atoms with Crippen LogP contribution in [0, 0.1) is 6.92 Å². The molecule has 0 aliphatic heterocycles. The molecule has 0 aliphatic rings. The topological polar surface area (TPSA) is 78.0 Å². The van der Waals surface area contributed by atoms with Crippen molar-refractivity contribution in [1.29, 1.82) is 0 Å². The molecule has 0 bridgehead atoms. The van der Waals surface area contributed by atoms with Crippen molar-refractivity contribution in [3.05, 3.63) is 17.5 Å². The molecular weight excluding hydrogens is 226 g/mol. The number of hydrogen-bond acceptors (Lipinski definition) is 4. The van der Waals surface area contributed by atoms with Gasteiger partial charge in [0, 0.05) is 18.8 Å². The second-order valence-corrected chi connectivity index (χ2v) is 6.31. The maximum atomic E-state index is 11.0. The van der Waals surface area contributed by atoms with Crippen LogP contribution in [0.15, 0.2) is 6.07 Å². The highest BCUT2D eigenvalue weighted by molar-refractivity contribution is 7.90. The number of nitrogens with zero attached hydrogens (tertiary/aromatic N) is 2. The highest BCUT2D eigenvalue weighted by Crippen LogP contribution is 2.16. The lowest BCUT2D eigenvalue weighted by atomic mass is 10.1. The van der Waals surface area contributed by atoms with Gasteiger partial charge in [0.25, 0.3) is 0 Å². The van der Waals surface area contributed by atoms with Crippen molar-refractivity contribution < 1.29 is 8.42 Å². The first-order valence-electron chi connectivity index (χ1n) is 5.31. The minimum atomic E-state index is -2.95. The Morgan fingerprint density at radius 1 is 1.56 bits per heavy atom. The Balaban J connectivity index is 2.76. The average Bonchev–Trinajstić information content (AvgIpc) is 2.55. The van der Waals surface area contributed by atoms with Gasteiger partial charge in [-0.2, -0.15) is 5.10 Å². The van der Waals surface area contributed by atoms with Crippen LogP contribution in [0.1, 0.15) is 30.8 Å². The minimum absolute atomic E-state index is 0.113. The van der Waals surface area contributed by atoms with Crippen molar-refractivity contribution in [3.8, 4) is 0 Å². The van der Waals surface area contributed by atoms with Crippen LogP contribution in [0.2, 0.25) is 0 Å². The van der Waals surface area contributed by atoms with E-state index in [0.29, 0.717) is 6.42 Å².